The molecule has 0 N–H and O–H groups in total. The van der Waals surface area contributed by atoms with E-state index in [4.69, 9.17) is 4.74 Å². The summed E-state index contributed by atoms with van der Waals surface area (Å²) in [6.07, 6.45) is 3.42. The maximum Gasteiger partial charge on any atom is 0.111 e. The molecule has 0 aromatic rings. The summed E-state index contributed by atoms with van der Waals surface area (Å²) in [6, 6.07) is 2.57. The summed E-state index contributed by atoms with van der Waals surface area (Å²) in [4.78, 5) is 2.34. The van der Waals surface area contributed by atoms with E-state index in [0.29, 0.717) is 5.92 Å². The van der Waals surface area contributed by atoms with Crippen molar-refractivity contribution in [2.24, 2.45) is 5.92 Å². The smallest absolute Gasteiger partial charge is 0.111 e. The van der Waals surface area contributed by atoms with E-state index in [-0.39, 0.29) is 5.54 Å². The minimum atomic E-state index is -0.177. The first kappa shape index (κ1) is 9.95. The third kappa shape index (κ3) is 1.53. The fourth-order valence-corrected chi connectivity index (χ4v) is 2.53. The molecule has 78 valence electrons. The second-order valence-electron chi connectivity index (χ2n) is 4.26. The molecule has 0 radical (unpaired) electrons. The zero-order chi connectivity index (χ0) is 10.0. The molecule has 1 atom stereocenters. The van der Waals surface area contributed by atoms with Crippen LogP contribution in [-0.2, 0) is 4.74 Å². The summed E-state index contributed by atoms with van der Waals surface area (Å²) in [5.41, 5.74) is -0.177. The lowest BCUT2D eigenvalue weighted by Gasteiger charge is -2.40. The van der Waals surface area contributed by atoms with Gasteiger partial charge in [0.15, 0.2) is 0 Å². The predicted octanol–water partition coefficient (Wildman–Crippen LogP) is 1.40. The number of hydrogen-bond donors (Lipinski definition) is 0. The third-order valence-electron chi connectivity index (χ3n) is 3.56. The standard InChI is InChI=1S/C11H18N2O/c1-2-11(9-12,10-3-4-10)13-5-7-14-8-6-13/h10H,2-8H2,1H3. The molecule has 1 aliphatic carbocycles. The number of rotatable bonds is 3. The molecule has 1 heterocycles. The Morgan fingerprint density at radius 2 is 2.07 bits per heavy atom. The molecule has 0 bridgehead atoms. The van der Waals surface area contributed by atoms with Crippen molar-refractivity contribution in [2.75, 3.05) is 26.3 Å². The van der Waals surface area contributed by atoms with Crippen molar-refractivity contribution < 1.29 is 4.74 Å². The second-order valence-corrected chi connectivity index (χ2v) is 4.26. The molecule has 0 amide bonds. The Bertz CT molecular complexity index is 238. The van der Waals surface area contributed by atoms with Gasteiger partial charge in [0.05, 0.1) is 19.3 Å². The zero-order valence-corrected chi connectivity index (χ0v) is 8.83. The first-order valence-electron chi connectivity index (χ1n) is 5.57. The van der Waals surface area contributed by atoms with E-state index in [0.717, 1.165) is 32.7 Å². The van der Waals surface area contributed by atoms with E-state index >= 15 is 0 Å². The van der Waals surface area contributed by atoms with Crippen LogP contribution in [0.5, 0.6) is 0 Å². The van der Waals surface area contributed by atoms with Crippen LogP contribution < -0.4 is 0 Å². The summed E-state index contributed by atoms with van der Waals surface area (Å²) in [5.74, 6) is 0.621. The minimum Gasteiger partial charge on any atom is -0.379 e. The van der Waals surface area contributed by atoms with Gasteiger partial charge in [0.2, 0.25) is 0 Å². The van der Waals surface area contributed by atoms with Gasteiger partial charge in [0.1, 0.15) is 5.54 Å². The molecule has 3 heteroatoms. The molecule has 14 heavy (non-hydrogen) atoms. The van der Waals surface area contributed by atoms with Crippen LogP contribution in [0.4, 0.5) is 0 Å². The number of nitriles is 1. The van der Waals surface area contributed by atoms with Gasteiger partial charge in [0.25, 0.3) is 0 Å². The van der Waals surface area contributed by atoms with Crippen LogP contribution in [0.2, 0.25) is 0 Å². The first-order valence-corrected chi connectivity index (χ1v) is 5.57. The maximum absolute atomic E-state index is 9.41. The van der Waals surface area contributed by atoms with Crippen molar-refractivity contribution in [3.8, 4) is 6.07 Å². The molecule has 0 spiro atoms. The number of nitrogens with zero attached hydrogens (tertiary/aromatic N) is 2. The van der Waals surface area contributed by atoms with E-state index in [2.05, 4.69) is 17.9 Å². The van der Waals surface area contributed by atoms with Crippen LogP contribution in [0.3, 0.4) is 0 Å². The number of morpholine rings is 1. The Balaban J connectivity index is 2.11. The van der Waals surface area contributed by atoms with Crippen LogP contribution in [0.1, 0.15) is 26.2 Å². The lowest BCUT2D eigenvalue weighted by molar-refractivity contribution is -0.0119. The van der Waals surface area contributed by atoms with Crippen molar-refractivity contribution in [2.45, 2.75) is 31.7 Å². The molecule has 1 saturated carbocycles. The first-order chi connectivity index (χ1) is 6.83. The molecule has 2 fully saturated rings. The lowest BCUT2D eigenvalue weighted by atomic mass is 9.89. The molecule has 1 aliphatic heterocycles. The molecular weight excluding hydrogens is 176 g/mol. The van der Waals surface area contributed by atoms with E-state index in [1.165, 1.54) is 12.8 Å². The average molecular weight is 194 g/mol. The molecule has 0 aromatic carbocycles. The van der Waals surface area contributed by atoms with E-state index in [1.54, 1.807) is 0 Å². The van der Waals surface area contributed by atoms with Gasteiger partial charge in [-0.1, -0.05) is 6.92 Å². The minimum absolute atomic E-state index is 0.177. The van der Waals surface area contributed by atoms with Gasteiger partial charge in [-0.3, -0.25) is 4.90 Å². The summed E-state index contributed by atoms with van der Waals surface area (Å²) in [6.45, 7) is 5.57. The molecule has 0 aromatic heterocycles. The van der Waals surface area contributed by atoms with Crippen LogP contribution in [0.15, 0.2) is 0 Å². The highest BCUT2D eigenvalue weighted by Gasteiger charge is 2.48. The summed E-state index contributed by atoms with van der Waals surface area (Å²) in [5, 5.41) is 9.41. The molecular formula is C11H18N2O. The topological polar surface area (TPSA) is 36.3 Å². The van der Waals surface area contributed by atoms with Crippen LogP contribution in [0, 0.1) is 17.2 Å². The normalized spacial score (nSPS) is 28.0. The lowest BCUT2D eigenvalue weighted by Crippen LogP contribution is -2.53. The van der Waals surface area contributed by atoms with Gasteiger partial charge < -0.3 is 4.74 Å². The largest absolute Gasteiger partial charge is 0.379 e. The van der Waals surface area contributed by atoms with Crippen molar-refractivity contribution >= 4 is 0 Å². The third-order valence-corrected chi connectivity index (χ3v) is 3.56. The van der Waals surface area contributed by atoms with Crippen molar-refractivity contribution in [3.05, 3.63) is 0 Å². The van der Waals surface area contributed by atoms with Gasteiger partial charge in [-0.25, -0.2) is 0 Å². The Morgan fingerprint density at radius 3 is 2.50 bits per heavy atom. The fraction of sp³-hybridized carbons (Fsp3) is 0.909. The van der Waals surface area contributed by atoms with E-state index in [1.807, 2.05) is 0 Å². The summed E-state index contributed by atoms with van der Waals surface area (Å²) in [7, 11) is 0. The Labute approximate surface area is 85.6 Å². The Kier molecular flexibility index (Phi) is 2.76. The maximum atomic E-state index is 9.41. The zero-order valence-electron chi connectivity index (χ0n) is 8.83. The molecule has 2 aliphatic rings. The summed E-state index contributed by atoms with van der Waals surface area (Å²) >= 11 is 0. The summed E-state index contributed by atoms with van der Waals surface area (Å²) < 4.78 is 5.33. The van der Waals surface area contributed by atoms with Gasteiger partial charge in [-0.05, 0) is 25.2 Å². The predicted molar refractivity (Wildman–Crippen MR) is 53.8 cm³/mol. The van der Waals surface area contributed by atoms with Gasteiger partial charge >= 0.3 is 0 Å². The van der Waals surface area contributed by atoms with Gasteiger partial charge in [0, 0.05) is 13.1 Å². The van der Waals surface area contributed by atoms with E-state index < -0.39 is 0 Å². The van der Waals surface area contributed by atoms with E-state index in [9.17, 15) is 5.26 Å². The highest BCUT2D eigenvalue weighted by molar-refractivity contribution is 5.15. The number of hydrogen-bond acceptors (Lipinski definition) is 3. The van der Waals surface area contributed by atoms with Crippen LogP contribution >= 0.6 is 0 Å². The molecule has 1 saturated heterocycles. The average Bonchev–Trinajstić information content (AvgIpc) is 3.07. The van der Waals surface area contributed by atoms with Crippen LogP contribution in [-0.4, -0.2) is 36.7 Å². The van der Waals surface area contributed by atoms with Crippen molar-refractivity contribution in [1.82, 2.24) is 4.90 Å². The molecule has 3 nitrogen and oxygen atoms in total. The SMILES string of the molecule is CCC(C#N)(C1CC1)N1CCOCC1. The monoisotopic (exact) mass is 194 g/mol. The second kappa shape index (κ2) is 3.88. The van der Waals surface area contributed by atoms with Crippen molar-refractivity contribution in [1.29, 1.82) is 5.26 Å². The highest BCUT2D eigenvalue weighted by Crippen LogP contribution is 2.44. The Morgan fingerprint density at radius 1 is 1.43 bits per heavy atom. The molecule has 2 rings (SSSR count). The van der Waals surface area contributed by atoms with Gasteiger partial charge in [-0.2, -0.15) is 5.26 Å². The quantitative estimate of drug-likeness (QED) is 0.681. The Hall–Kier alpha value is -0.590. The van der Waals surface area contributed by atoms with Crippen molar-refractivity contribution in [3.63, 3.8) is 0 Å². The number of ether oxygens (including phenoxy) is 1. The van der Waals surface area contributed by atoms with Gasteiger partial charge in [-0.15, -0.1) is 0 Å². The van der Waals surface area contributed by atoms with Crippen LogP contribution in [0.25, 0.3) is 0 Å². The molecule has 1 unspecified atom stereocenters. The highest BCUT2D eigenvalue weighted by atomic mass is 16.5. The fourth-order valence-electron chi connectivity index (χ4n) is 2.53.